The van der Waals surface area contributed by atoms with E-state index in [1.54, 1.807) is 11.6 Å². The van der Waals surface area contributed by atoms with Gasteiger partial charge in [-0.25, -0.2) is 0 Å². The first-order valence-electron chi connectivity index (χ1n) is 6.36. The van der Waals surface area contributed by atoms with Crippen LogP contribution in [0.1, 0.15) is 18.1 Å². The molecule has 1 N–H and O–H groups in total. The van der Waals surface area contributed by atoms with Gasteiger partial charge in [-0.2, -0.15) is 30.6 Å². The zero-order valence-electron chi connectivity index (χ0n) is 12.1. The van der Waals surface area contributed by atoms with Crippen molar-refractivity contribution in [3.05, 3.63) is 35.4 Å². The summed E-state index contributed by atoms with van der Waals surface area (Å²) in [5.74, 6) is 0. The molecule has 0 aliphatic heterocycles. The van der Waals surface area contributed by atoms with Crippen LogP contribution in [0.15, 0.2) is 24.3 Å². The van der Waals surface area contributed by atoms with E-state index in [4.69, 9.17) is 0 Å². The van der Waals surface area contributed by atoms with E-state index in [9.17, 15) is 21.6 Å². The Labute approximate surface area is 123 Å². The number of nitrogens with one attached hydrogen (secondary N) is 1. The molecule has 1 atom stereocenters. The Morgan fingerprint density at radius 1 is 1.24 bits per heavy atom. The van der Waals surface area contributed by atoms with Gasteiger partial charge in [0.1, 0.15) is 6.54 Å². The molecule has 0 amide bonds. The summed E-state index contributed by atoms with van der Waals surface area (Å²) >= 11 is 0. The molecule has 1 rings (SSSR count). The molecular weight excluding hydrogens is 305 g/mol. The quantitative estimate of drug-likeness (QED) is 0.872. The zero-order valence-corrected chi connectivity index (χ0v) is 12.9. The highest BCUT2D eigenvalue weighted by Gasteiger charge is 2.32. The van der Waals surface area contributed by atoms with Gasteiger partial charge in [0.15, 0.2) is 0 Å². The molecule has 1 aromatic rings. The molecule has 0 spiro atoms. The highest BCUT2D eigenvalue weighted by Crippen LogP contribution is 2.15. The second-order valence-corrected chi connectivity index (χ2v) is 6.81. The molecule has 0 fully saturated rings. The lowest BCUT2D eigenvalue weighted by atomic mass is 10.1. The van der Waals surface area contributed by atoms with Gasteiger partial charge in [0.25, 0.3) is 10.2 Å². The summed E-state index contributed by atoms with van der Waals surface area (Å²) in [5.41, 5.74) is 2.00. The SMILES string of the molecule is Cc1ccc(C[C@H](C)N(C)S(=O)(=O)NCC(F)(F)F)cc1. The van der Waals surface area contributed by atoms with Gasteiger partial charge in [0.2, 0.25) is 0 Å². The highest BCUT2D eigenvalue weighted by atomic mass is 32.2. The first-order valence-corrected chi connectivity index (χ1v) is 7.80. The smallest absolute Gasteiger partial charge is 0.195 e. The number of alkyl halides is 3. The van der Waals surface area contributed by atoms with E-state index in [0.717, 1.165) is 15.4 Å². The molecule has 1 aromatic carbocycles. The van der Waals surface area contributed by atoms with Gasteiger partial charge in [-0.1, -0.05) is 29.8 Å². The van der Waals surface area contributed by atoms with E-state index < -0.39 is 29.0 Å². The fourth-order valence-corrected chi connectivity index (χ4v) is 2.80. The van der Waals surface area contributed by atoms with Crippen molar-refractivity contribution in [2.45, 2.75) is 32.5 Å². The Bertz CT molecular complexity index is 556. The summed E-state index contributed by atoms with van der Waals surface area (Å²) in [4.78, 5) is 0. The van der Waals surface area contributed by atoms with E-state index in [-0.39, 0.29) is 0 Å². The number of halogens is 3. The van der Waals surface area contributed by atoms with E-state index in [1.807, 2.05) is 31.2 Å². The van der Waals surface area contributed by atoms with E-state index in [0.29, 0.717) is 6.42 Å². The lowest BCUT2D eigenvalue weighted by Gasteiger charge is -2.25. The van der Waals surface area contributed by atoms with Gasteiger partial charge in [0, 0.05) is 13.1 Å². The van der Waals surface area contributed by atoms with E-state index >= 15 is 0 Å². The van der Waals surface area contributed by atoms with Gasteiger partial charge < -0.3 is 0 Å². The summed E-state index contributed by atoms with van der Waals surface area (Å²) in [5, 5.41) is 0. The second-order valence-electron chi connectivity index (χ2n) is 5.00. The first-order chi connectivity index (χ1) is 9.51. The number of hydrogen-bond acceptors (Lipinski definition) is 2. The fraction of sp³-hybridized carbons (Fsp3) is 0.538. The standard InChI is InChI=1S/C13H19F3N2O2S/c1-10-4-6-12(7-5-10)8-11(2)18(3)21(19,20)17-9-13(14,15)16/h4-7,11,17H,8-9H2,1-3H3/t11-/m0/s1. The van der Waals surface area contributed by atoms with Crippen LogP contribution in [0.5, 0.6) is 0 Å². The molecule has 120 valence electrons. The van der Waals surface area contributed by atoms with Crippen molar-refractivity contribution in [1.82, 2.24) is 9.03 Å². The van der Waals surface area contributed by atoms with Crippen molar-refractivity contribution in [1.29, 1.82) is 0 Å². The number of hydrogen-bond donors (Lipinski definition) is 1. The van der Waals surface area contributed by atoms with Crippen LogP contribution in [0.2, 0.25) is 0 Å². The van der Waals surface area contributed by atoms with Crippen molar-refractivity contribution in [2.75, 3.05) is 13.6 Å². The lowest BCUT2D eigenvalue weighted by molar-refractivity contribution is -0.121. The number of benzene rings is 1. The van der Waals surface area contributed by atoms with Crippen LogP contribution in [0.25, 0.3) is 0 Å². The Morgan fingerprint density at radius 2 is 1.76 bits per heavy atom. The zero-order chi connectivity index (χ0) is 16.3. The van der Waals surface area contributed by atoms with Gasteiger partial charge in [0.05, 0.1) is 0 Å². The first kappa shape index (κ1) is 17.9. The molecule has 0 saturated carbocycles. The second kappa shape index (κ2) is 6.76. The number of aryl methyl sites for hydroxylation is 1. The average molecular weight is 324 g/mol. The van der Waals surface area contributed by atoms with Crippen LogP contribution in [0.4, 0.5) is 13.2 Å². The van der Waals surface area contributed by atoms with Crippen LogP contribution < -0.4 is 4.72 Å². The summed E-state index contributed by atoms with van der Waals surface area (Å²) in [7, 11) is -2.90. The van der Waals surface area contributed by atoms with E-state index in [2.05, 4.69) is 0 Å². The van der Waals surface area contributed by atoms with Crippen molar-refractivity contribution < 1.29 is 21.6 Å². The Hall–Kier alpha value is -1.12. The summed E-state index contributed by atoms with van der Waals surface area (Å²) in [6.07, 6.45) is -4.15. The predicted molar refractivity (Wildman–Crippen MR) is 75.1 cm³/mol. The molecule has 0 aliphatic rings. The minimum Gasteiger partial charge on any atom is -0.195 e. The van der Waals surface area contributed by atoms with Crippen molar-refractivity contribution in [3.63, 3.8) is 0 Å². The van der Waals surface area contributed by atoms with E-state index in [1.165, 1.54) is 7.05 Å². The molecule has 0 heterocycles. The van der Waals surface area contributed by atoms with Gasteiger partial charge in [-0.05, 0) is 25.8 Å². The van der Waals surface area contributed by atoms with Crippen molar-refractivity contribution >= 4 is 10.2 Å². The molecule has 8 heteroatoms. The summed E-state index contributed by atoms with van der Waals surface area (Å²) < 4.78 is 62.3. The number of nitrogens with zero attached hydrogens (tertiary/aromatic N) is 1. The van der Waals surface area contributed by atoms with Gasteiger partial charge in [-0.3, -0.25) is 0 Å². The Morgan fingerprint density at radius 3 is 2.24 bits per heavy atom. The molecule has 0 unspecified atom stereocenters. The fourth-order valence-electron chi connectivity index (χ4n) is 1.71. The predicted octanol–water partition coefficient (Wildman–Crippen LogP) is 2.25. The molecule has 0 radical (unpaired) electrons. The lowest BCUT2D eigenvalue weighted by Crippen LogP contribution is -2.46. The van der Waals surface area contributed by atoms with Crippen LogP contribution in [0.3, 0.4) is 0 Å². The topological polar surface area (TPSA) is 49.4 Å². The molecule has 0 saturated heterocycles. The normalized spacial score (nSPS) is 14.4. The summed E-state index contributed by atoms with van der Waals surface area (Å²) in [6, 6.07) is 7.08. The Kier molecular flexibility index (Phi) is 5.77. The highest BCUT2D eigenvalue weighted by molar-refractivity contribution is 7.87. The monoisotopic (exact) mass is 324 g/mol. The van der Waals surface area contributed by atoms with Crippen LogP contribution in [-0.4, -0.2) is 38.5 Å². The minimum absolute atomic E-state index is 0.420. The number of rotatable bonds is 6. The Balaban J connectivity index is 2.68. The third kappa shape index (κ3) is 6.03. The molecule has 0 bridgehead atoms. The maximum Gasteiger partial charge on any atom is 0.402 e. The number of likely N-dealkylation sites (N-methyl/N-ethyl adjacent to an activating group) is 1. The molecule has 0 aliphatic carbocycles. The molecule has 21 heavy (non-hydrogen) atoms. The van der Waals surface area contributed by atoms with Gasteiger partial charge in [-0.15, -0.1) is 0 Å². The maximum absolute atomic E-state index is 12.1. The largest absolute Gasteiger partial charge is 0.402 e. The average Bonchev–Trinajstić information content (AvgIpc) is 2.37. The van der Waals surface area contributed by atoms with Crippen molar-refractivity contribution in [2.24, 2.45) is 0 Å². The van der Waals surface area contributed by atoms with Crippen LogP contribution >= 0.6 is 0 Å². The maximum atomic E-state index is 12.1. The third-order valence-electron chi connectivity index (χ3n) is 3.11. The molecule has 4 nitrogen and oxygen atoms in total. The van der Waals surface area contributed by atoms with Gasteiger partial charge >= 0.3 is 6.18 Å². The molecular formula is C13H19F3N2O2S. The summed E-state index contributed by atoms with van der Waals surface area (Å²) in [6.45, 7) is 2.01. The van der Waals surface area contributed by atoms with Crippen LogP contribution in [-0.2, 0) is 16.6 Å². The third-order valence-corrected chi connectivity index (χ3v) is 4.73. The minimum atomic E-state index is -4.58. The van der Waals surface area contributed by atoms with Crippen molar-refractivity contribution in [3.8, 4) is 0 Å². The van der Waals surface area contributed by atoms with Crippen LogP contribution in [0, 0.1) is 6.92 Å². The molecule has 0 aromatic heterocycles.